The second-order valence-corrected chi connectivity index (χ2v) is 4.78. The summed E-state index contributed by atoms with van der Waals surface area (Å²) >= 11 is 0. The smallest absolute Gasteiger partial charge is 0.275 e. The summed E-state index contributed by atoms with van der Waals surface area (Å²) in [6.07, 6.45) is -1.22. The molecule has 0 unspecified atom stereocenters. The van der Waals surface area contributed by atoms with Crippen molar-refractivity contribution in [2.75, 3.05) is 0 Å². The molecule has 2 atom stereocenters. The van der Waals surface area contributed by atoms with E-state index < -0.39 is 16.9 Å². The maximum atomic E-state index is 12.3. The van der Waals surface area contributed by atoms with Crippen LogP contribution in [-0.4, -0.2) is 15.8 Å². The third-order valence-electron chi connectivity index (χ3n) is 3.40. The largest absolute Gasteiger partial charge is 0.387 e. The summed E-state index contributed by atoms with van der Waals surface area (Å²) in [5.74, 6) is -1.02. The second kappa shape index (κ2) is 6.28. The molecule has 0 fully saturated rings. The third-order valence-corrected chi connectivity index (χ3v) is 3.40. The van der Waals surface area contributed by atoms with Gasteiger partial charge in [0, 0.05) is 17.5 Å². The maximum absolute atomic E-state index is 12.3. The molecule has 0 radical (unpaired) electrons. The van der Waals surface area contributed by atoms with Gasteiger partial charge in [0.25, 0.3) is 5.69 Å². The van der Waals surface area contributed by atoms with Crippen molar-refractivity contribution in [2.45, 2.75) is 13.0 Å². The Morgan fingerprint density at radius 3 is 2.29 bits per heavy atom. The Kier molecular flexibility index (Phi) is 4.45. The molecule has 5 heteroatoms. The van der Waals surface area contributed by atoms with Gasteiger partial charge in [0.05, 0.1) is 16.6 Å². The van der Waals surface area contributed by atoms with Crippen molar-refractivity contribution in [3.8, 4) is 0 Å². The SMILES string of the molecule is C[C@H](C(=O)c1ccccc1)[C@@H](O)c1ccccc1[N+](=O)[O-]. The molecule has 0 amide bonds. The van der Waals surface area contributed by atoms with Crippen LogP contribution in [0, 0.1) is 16.0 Å². The van der Waals surface area contributed by atoms with Gasteiger partial charge in [-0.2, -0.15) is 0 Å². The quantitative estimate of drug-likeness (QED) is 0.520. The first kappa shape index (κ1) is 14.9. The minimum atomic E-state index is -1.22. The van der Waals surface area contributed by atoms with E-state index in [1.165, 1.54) is 18.2 Å². The number of nitro benzene ring substituents is 1. The summed E-state index contributed by atoms with van der Waals surface area (Å²) in [6.45, 7) is 1.57. The number of para-hydroxylation sites is 1. The number of rotatable bonds is 5. The summed E-state index contributed by atoms with van der Waals surface area (Å²) in [5, 5.41) is 21.3. The summed E-state index contributed by atoms with van der Waals surface area (Å²) in [4.78, 5) is 22.8. The van der Waals surface area contributed by atoms with Gasteiger partial charge in [-0.25, -0.2) is 0 Å². The number of benzene rings is 2. The molecular formula is C16H15NO4. The summed E-state index contributed by atoms with van der Waals surface area (Å²) < 4.78 is 0. The summed E-state index contributed by atoms with van der Waals surface area (Å²) in [5.41, 5.74) is 0.444. The number of carbonyl (C=O) groups is 1. The molecule has 0 aromatic heterocycles. The van der Waals surface area contributed by atoms with Crippen LogP contribution in [0.3, 0.4) is 0 Å². The molecule has 2 aromatic rings. The number of carbonyl (C=O) groups excluding carboxylic acids is 1. The highest BCUT2D eigenvalue weighted by Gasteiger charge is 2.29. The number of nitrogens with zero attached hydrogens (tertiary/aromatic N) is 1. The van der Waals surface area contributed by atoms with Crippen molar-refractivity contribution < 1.29 is 14.8 Å². The van der Waals surface area contributed by atoms with E-state index in [1.807, 2.05) is 0 Å². The van der Waals surface area contributed by atoms with Gasteiger partial charge in [0.2, 0.25) is 0 Å². The van der Waals surface area contributed by atoms with E-state index >= 15 is 0 Å². The topological polar surface area (TPSA) is 80.4 Å². The van der Waals surface area contributed by atoms with E-state index in [2.05, 4.69) is 0 Å². The zero-order chi connectivity index (χ0) is 15.4. The average Bonchev–Trinajstić information content (AvgIpc) is 2.53. The number of nitro groups is 1. The second-order valence-electron chi connectivity index (χ2n) is 4.78. The van der Waals surface area contributed by atoms with Gasteiger partial charge in [0.1, 0.15) is 0 Å². The van der Waals surface area contributed by atoms with Crippen LogP contribution in [0.1, 0.15) is 28.9 Å². The lowest BCUT2D eigenvalue weighted by molar-refractivity contribution is -0.386. The van der Waals surface area contributed by atoms with Crippen molar-refractivity contribution in [2.24, 2.45) is 5.92 Å². The maximum Gasteiger partial charge on any atom is 0.275 e. The fraction of sp³-hybridized carbons (Fsp3) is 0.188. The fourth-order valence-corrected chi connectivity index (χ4v) is 2.18. The lowest BCUT2D eigenvalue weighted by Gasteiger charge is -2.18. The van der Waals surface area contributed by atoms with Crippen LogP contribution in [0.15, 0.2) is 54.6 Å². The van der Waals surface area contributed by atoms with E-state index in [0.717, 1.165) is 0 Å². The molecule has 5 nitrogen and oxygen atoms in total. The molecule has 0 aliphatic carbocycles. The Labute approximate surface area is 122 Å². The van der Waals surface area contributed by atoms with E-state index in [9.17, 15) is 20.0 Å². The van der Waals surface area contributed by atoms with Gasteiger partial charge >= 0.3 is 0 Å². The first-order chi connectivity index (χ1) is 10.0. The first-order valence-electron chi connectivity index (χ1n) is 6.53. The van der Waals surface area contributed by atoms with Gasteiger partial charge in [-0.05, 0) is 6.07 Å². The molecule has 0 bridgehead atoms. The van der Waals surface area contributed by atoms with Gasteiger partial charge < -0.3 is 5.11 Å². The third kappa shape index (κ3) is 3.14. The molecule has 2 rings (SSSR count). The molecular weight excluding hydrogens is 270 g/mol. The van der Waals surface area contributed by atoms with Crippen LogP contribution >= 0.6 is 0 Å². The molecule has 0 saturated carbocycles. The summed E-state index contributed by atoms with van der Waals surface area (Å²) in [6, 6.07) is 14.5. The zero-order valence-corrected chi connectivity index (χ0v) is 11.5. The number of Topliss-reactive ketones (excluding diaryl/α,β-unsaturated/α-hetero) is 1. The molecule has 21 heavy (non-hydrogen) atoms. The predicted octanol–water partition coefficient (Wildman–Crippen LogP) is 3.15. The molecule has 0 heterocycles. The van der Waals surface area contributed by atoms with Gasteiger partial charge in [-0.3, -0.25) is 14.9 Å². The van der Waals surface area contributed by atoms with Crippen LogP contribution < -0.4 is 0 Å². The van der Waals surface area contributed by atoms with E-state index in [1.54, 1.807) is 43.3 Å². The van der Waals surface area contributed by atoms with Gasteiger partial charge in [0.15, 0.2) is 5.78 Å². The summed E-state index contributed by atoms with van der Waals surface area (Å²) in [7, 11) is 0. The van der Waals surface area contributed by atoms with Gasteiger partial charge in [-0.15, -0.1) is 0 Å². The molecule has 1 N–H and O–H groups in total. The molecule has 108 valence electrons. The first-order valence-corrected chi connectivity index (χ1v) is 6.53. The van der Waals surface area contributed by atoms with Crippen LogP contribution in [0.4, 0.5) is 5.69 Å². The highest BCUT2D eigenvalue weighted by atomic mass is 16.6. The molecule has 0 aliphatic rings. The number of hydrogen-bond acceptors (Lipinski definition) is 4. The molecule has 0 aliphatic heterocycles. The lowest BCUT2D eigenvalue weighted by atomic mass is 9.89. The monoisotopic (exact) mass is 285 g/mol. The number of aliphatic hydroxyl groups excluding tert-OH is 1. The van der Waals surface area contributed by atoms with E-state index in [-0.39, 0.29) is 17.0 Å². The van der Waals surface area contributed by atoms with Crippen LogP contribution in [0.5, 0.6) is 0 Å². The van der Waals surface area contributed by atoms with Crippen LogP contribution in [0.2, 0.25) is 0 Å². The number of hydrogen-bond donors (Lipinski definition) is 1. The number of ketones is 1. The van der Waals surface area contributed by atoms with Crippen molar-refractivity contribution in [3.63, 3.8) is 0 Å². The Balaban J connectivity index is 2.30. The van der Waals surface area contributed by atoms with Crippen LogP contribution in [-0.2, 0) is 0 Å². The van der Waals surface area contributed by atoms with Gasteiger partial charge in [-0.1, -0.05) is 49.4 Å². The molecule has 0 spiro atoms. The van der Waals surface area contributed by atoms with E-state index in [0.29, 0.717) is 5.56 Å². The highest BCUT2D eigenvalue weighted by Crippen LogP contribution is 2.31. The zero-order valence-electron chi connectivity index (χ0n) is 11.5. The lowest BCUT2D eigenvalue weighted by Crippen LogP contribution is -2.20. The fourth-order valence-electron chi connectivity index (χ4n) is 2.18. The Morgan fingerprint density at radius 2 is 1.67 bits per heavy atom. The van der Waals surface area contributed by atoms with Crippen molar-refractivity contribution >= 4 is 11.5 Å². The Bertz CT molecular complexity index is 654. The van der Waals surface area contributed by atoms with Crippen molar-refractivity contribution in [3.05, 3.63) is 75.8 Å². The highest BCUT2D eigenvalue weighted by molar-refractivity contribution is 5.98. The minimum absolute atomic E-state index is 0.152. The Hall–Kier alpha value is -2.53. The average molecular weight is 285 g/mol. The minimum Gasteiger partial charge on any atom is -0.387 e. The number of aliphatic hydroxyl groups is 1. The standard InChI is InChI=1S/C16H15NO4/c1-11(15(18)12-7-3-2-4-8-12)16(19)13-9-5-6-10-14(13)17(20)21/h2-11,16,19H,1H3/t11-,16-/m1/s1. The van der Waals surface area contributed by atoms with Crippen molar-refractivity contribution in [1.82, 2.24) is 0 Å². The normalized spacial score (nSPS) is 13.4. The Morgan fingerprint density at radius 1 is 1.10 bits per heavy atom. The van der Waals surface area contributed by atoms with E-state index in [4.69, 9.17) is 0 Å². The molecule has 0 saturated heterocycles. The predicted molar refractivity (Wildman–Crippen MR) is 78.0 cm³/mol. The van der Waals surface area contributed by atoms with Crippen molar-refractivity contribution in [1.29, 1.82) is 0 Å². The molecule has 2 aromatic carbocycles. The van der Waals surface area contributed by atoms with Crippen LogP contribution in [0.25, 0.3) is 0 Å².